The summed E-state index contributed by atoms with van der Waals surface area (Å²) in [5.41, 5.74) is 2.20. The molecule has 1 saturated heterocycles. The molecule has 1 atom stereocenters. The number of hydrogen-bond donors (Lipinski definition) is 0. The molecule has 104 valence electrons. The highest BCUT2D eigenvalue weighted by Crippen LogP contribution is 2.61. The van der Waals surface area contributed by atoms with Crippen LogP contribution >= 0.6 is 0 Å². The summed E-state index contributed by atoms with van der Waals surface area (Å²) in [6.45, 7) is 4.49. The second-order valence-electron chi connectivity index (χ2n) is 5.85. The second-order valence-corrected chi connectivity index (χ2v) is 5.85. The van der Waals surface area contributed by atoms with Gasteiger partial charge in [0.2, 0.25) is 0 Å². The summed E-state index contributed by atoms with van der Waals surface area (Å²) < 4.78 is 6.37. The average molecular weight is 266 g/mol. The van der Waals surface area contributed by atoms with Gasteiger partial charge in [0.25, 0.3) is 0 Å². The molecular weight excluding hydrogens is 244 g/mol. The van der Waals surface area contributed by atoms with Crippen molar-refractivity contribution in [3.63, 3.8) is 0 Å². The molecule has 0 N–H and O–H groups in total. The van der Waals surface area contributed by atoms with E-state index in [1.54, 1.807) is 0 Å². The van der Waals surface area contributed by atoms with E-state index in [1.165, 1.54) is 24.0 Å². The Morgan fingerprint density at radius 2 is 1.35 bits per heavy atom. The van der Waals surface area contributed by atoms with Crippen molar-refractivity contribution in [3.8, 4) is 0 Å². The molecule has 1 unspecified atom stereocenters. The molecule has 1 fully saturated rings. The van der Waals surface area contributed by atoms with E-state index < -0.39 is 0 Å². The first-order chi connectivity index (χ1) is 9.73. The average Bonchev–Trinajstić information content (AvgIpc) is 3.15. The van der Waals surface area contributed by atoms with Crippen molar-refractivity contribution < 1.29 is 4.74 Å². The third kappa shape index (κ3) is 1.97. The van der Waals surface area contributed by atoms with Gasteiger partial charge in [-0.15, -0.1) is 0 Å². The minimum Gasteiger partial charge on any atom is -0.353 e. The molecule has 0 aliphatic carbocycles. The number of epoxide rings is 1. The van der Waals surface area contributed by atoms with Gasteiger partial charge in [-0.2, -0.15) is 0 Å². The number of ether oxygens (including phenoxy) is 1. The van der Waals surface area contributed by atoms with Gasteiger partial charge < -0.3 is 4.74 Å². The van der Waals surface area contributed by atoms with Crippen molar-refractivity contribution in [2.45, 2.75) is 44.3 Å². The van der Waals surface area contributed by atoms with Crippen LogP contribution in [0, 0.1) is 0 Å². The predicted molar refractivity (Wildman–Crippen MR) is 82.7 cm³/mol. The highest BCUT2D eigenvalue weighted by molar-refractivity contribution is 5.46. The van der Waals surface area contributed by atoms with Crippen molar-refractivity contribution >= 4 is 0 Å². The maximum absolute atomic E-state index is 6.37. The van der Waals surface area contributed by atoms with Gasteiger partial charge in [-0.25, -0.2) is 0 Å². The minimum absolute atomic E-state index is 0.0777. The third-order valence-corrected chi connectivity index (χ3v) is 4.45. The van der Waals surface area contributed by atoms with Crippen LogP contribution in [0.5, 0.6) is 0 Å². The first-order valence-electron chi connectivity index (χ1n) is 7.54. The number of unbranched alkanes of at least 4 members (excludes halogenated alkanes) is 1. The van der Waals surface area contributed by atoms with Crippen LogP contribution in [-0.4, -0.2) is 5.60 Å². The SMILES string of the molecule is CCCCC1(C)OC1(c1ccccc1)c1ccccc1. The Morgan fingerprint density at radius 3 is 1.80 bits per heavy atom. The van der Waals surface area contributed by atoms with Crippen LogP contribution in [0.25, 0.3) is 0 Å². The van der Waals surface area contributed by atoms with E-state index in [0.717, 1.165) is 6.42 Å². The number of rotatable bonds is 5. The third-order valence-electron chi connectivity index (χ3n) is 4.45. The summed E-state index contributed by atoms with van der Waals surface area (Å²) >= 11 is 0. The second kappa shape index (κ2) is 5.06. The van der Waals surface area contributed by atoms with Crippen molar-refractivity contribution in [2.24, 2.45) is 0 Å². The fraction of sp³-hybridized carbons (Fsp3) is 0.368. The summed E-state index contributed by atoms with van der Waals surface area (Å²) in [7, 11) is 0. The fourth-order valence-corrected chi connectivity index (χ4v) is 3.29. The van der Waals surface area contributed by atoms with Gasteiger partial charge in [-0.05, 0) is 24.5 Å². The molecule has 0 amide bonds. The van der Waals surface area contributed by atoms with Gasteiger partial charge in [-0.3, -0.25) is 0 Å². The topological polar surface area (TPSA) is 12.5 Å². The van der Waals surface area contributed by atoms with Crippen molar-refractivity contribution in [3.05, 3.63) is 71.8 Å². The van der Waals surface area contributed by atoms with E-state index in [-0.39, 0.29) is 11.2 Å². The summed E-state index contributed by atoms with van der Waals surface area (Å²) in [6, 6.07) is 21.3. The number of benzene rings is 2. The monoisotopic (exact) mass is 266 g/mol. The zero-order chi connectivity index (χ0) is 14.1. The lowest BCUT2D eigenvalue weighted by molar-refractivity contribution is 0.275. The zero-order valence-corrected chi connectivity index (χ0v) is 12.3. The molecule has 3 rings (SSSR count). The van der Waals surface area contributed by atoms with Gasteiger partial charge in [0.15, 0.2) is 0 Å². The van der Waals surface area contributed by atoms with E-state index in [9.17, 15) is 0 Å². The molecule has 0 saturated carbocycles. The van der Waals surface area contributed by atoms with Crippen LogP contribution < -0.4 is 0 Å². The predicted octanol–water partition coefficient (Wildman–Crippen LogP) is 4.91. The van der Waals surface area contributed by atoms with E-state index in [2.05, 4.69) is 74.5 Å². The van der Waals surface area contributed by atoms with Gasteiger partial charge in [0, 0.05) is 0 Å². The fourth-order valence-electron chi connectivity index (χ4n) is 3.29. The Balaban J connectivity index is 2.03. The maximum Gasteiger partial charge on any atom is 0.148 e. The molecule has 1 aliphatic rings. The first-order valence-corrected chi connectivity index (χ1v) is 7.54. The standard InChI is InChI=1S/C19H22O/c1-3-4-15-18(2)19(20-18,16-11-7-5-8-12-16)17-13-9-6-10-14-17/h5-14H,3-4,15H2,1-2H3. The van der Waals surface area contributed by atoms with E-state index in [4.69, 9.17) is 4.74 Å². The van der Waals surface area contributed by atoms with E-state index >= 15 is 0 Å². The molecule has 2 aromatic rings. The van der Waals surface area contributed by atoms with Crippen LogP contribution in [0.4, 0.5) is 0 Å². The summed E-state index contributed by atoms with van der Waals surface area (Å²) in [6.07, 6.45) is 3.52. The lowest BCUT2D eigenvalue weighted by Crippen LogP contribution is -2.22. The highest BCUT2D eigenvalue weighted by Gasteiger charge is 2.67. The molecule has 0 spiro atoms. The Labute approximate surface area is 121 Å². The Morgan fingerprint density at radius 1 is 0.850 bits per heavy atom. The molecule has 1 aliphatic heterocycles. The molecule has 1 heterocycles. The largest absolute Gasteiger partial charge is 0.353 e. The van der Waals surface area contributed by atoms with Crippen LogP contribution in [0.1, 0.15) is 44.2 Å². The molecule has 0 bridgehead atoms. The molecule has 2 aromatic carbocycles. The van der Waals surface area contributed by atoms with Crippen LogP contribution in [0.2, 0.25) is 0 Å². The summed E-state index contributed by atoms with van der Waals surface area (Å²) in [5.74, 6) is 0. The molecule has 20 heavy (non-hydrogen) atoms. The maximum atomic E-state index is 6.37. The molecular formula is C19H22O. The highest BCUT2D eigenvalue weighted by atomic mass is 16.6. The Kier molecular flexibility index (Phi) is 3.39. The number of hydrogen-bond acceptors (Lipinski definition) is 1. The van der Waals surface area contributed by atoms with Gasteiger partial charge in [0.1, 0.15) is 11.2 Å². The van der Waals surface area contributed by atoms with Crippen molar-refractivity contribution in [1.82, 2.24) is 0 Å². The van der Waals surface area contributed by atoms with E-state index in [0.29, 0.717) is 0 Å². The Hall–Kier alpha value is -1.60. The Bertz CT molecular complexity index is 521. The molecule has 0 radical (unpaired) electrons. The van der Waals surface area contributed by atoms with Gasteiger partial charge in [0.05, 0.1) is 0 Å². The summed E-state index contributed by atoms with van der Waals surface area (Å²) in [5, 5.41) is 0. The molecule has 1 nitrogen and oxygen atoms in total. The quantitative estimate of drug-likeness (QED) is 0.700. The minimum atomic E-state index is -0.259. The van der Waals surface area contributed by atoms with E-state index in [1.807, 2.05) is 0 Å². The van der Waals surface area contributed by atoms with Crippen molar-refractivity contribution in [2.75, 3.05) is 0 Å². The lowest BCUT2D eigenvalue weighted by Gasteiger charge is -2.18. The van der Waals surface area contributed by atoms with Crippen LogP contribution in [0.15, 0.2) is 60.7 Å². The van der Waals surface area contributed by atoms with Gasteiger partial charge >= 0.3 is 0 Å². The van der Waals surface area contributed by atoms with Crippen LogP contribution in [0.3, 0.4) is 0 Å². The summed E-state index contributed by atoms with van der Waals surface area (Å²) in [4.78, 5) is 0. The lowest BCUT2D eigenvalue weighted by atomic mass is 9.79. The van der Waals surface area contributed by atoms with Gasteiger partial charge in [-0.1, -0.05) is 80.4 Å². The normalized spacial score (nSPS) is 23.5. The van der Waals surface area contributed by atoms with Crippen LogP contribution in [-0.2, 0) is 10.3 Å². The smallest absolute Gasteiger partial charge is 0.148 e. The molecule has 1 heteroatoms. The first kappa shape index (κ1) is 13.4. The van der Waals surface area contributed by atoms with Crippen molar-refractivity contribution in [1.29, 1.82) is 0 Å². The zero-order valence-electron chi connectivity index (χ0n) is 12.3. The molecule has 0 aromatic heterocycles.